The first kappa shape index (κ1) is 18.4. The van der Waals surface area contributed by atoms with Crippen LogP contribution in [0.25, 0.3) is 0 Å². The Bertz CT molecular complexity index is 749. The number of H-pyrrole nitrogens is 1. The summed E-state index contributed by atoms with van der Waals surface area (Å²) in [5.41, 5.74) is -0.534. The van der Waals surface area contributed by atoms with Gasteiger partial charge in [0.15, 0.2) is 0 Å². The third-order valence-corrected chi connectivity index (χ3v) is 2.98. The van der Waals surface area contributed by atoms with Crippen molar-refractivity contribution in [1.29, 1.82) is 0 Å². The lowest BCUT2D eigenvalue weighted by atomic mass is 10.0. The van der Waals surface area contributed by atoms with Gasteiger partial charge in [-0.1, -0.05) is 0 Å². The van der Waals surface area contributed by atoms with E-state index in [1.807, 2.05) is 5.43 Å². The molecule has 1 heterocycles. The number of rotatable bonds is 2. The van der Waals surface area contributed by atoms with Gasteiger partial charge in [0.05, 0.1) is 11.1 Å². The first-order valence-corrected chi connectivity index (χ1v) is 6.52. The lowest BCUT2D eigenvalue weighted by Crippen LogP contribution is -2.41. The Hall–Kier alpha value is -2.98. The van der Waals surface area contributed by atoms with Crippen molar-refractivity contribution < 1.29 is 35.9 Å². The third kappa shape index (κ3) is 4.52. The highest BCUT2D eigenvalue weighted by atomic mass is 19.4. The maximum absolute atomic E-state index is 12.7. The van der Waals surface area contributed by atoms with Gasteiger partial charge in [0.2, 0.25) is 0 Å². The molecule has 25 heavy (non-hydrogen) atoms. The van der Waals surface area contributed by atoms with Crippen LogP contribution in [0.1, 0.15) is 32.0 Å². The minimum Gasteiger partial charge on any atom is -0.357 e. The van der Waals surface area contributed by atoms with E-state index in [9.17, 15) is 35.9 Å². The molecule has 2 aromatic rings. The minimum absolute atomic E-state index is 0.0281. The Balaban J connectivity index is 2.24. The van der Waals surface area contributed by atoms with Crippen molar-refractivity contribution in [2.45, 2.75) is 12.4 Å². The maximum atomic E-state index is 12.7. The third-order valence-electron chi connectivity index (χ3n) is 2.98. The number of hydrazine groups is 1. The largest absolute Gasteiger partial charge is 0.416 e. The van der Waals surface area contributed by atoms with Gasteiger partial charge in [0.25, 0.3) is 11.8 Å². The topological polar surface area (TPSA) is 74.0 Å². The zero-order chi connectivity index (χ0) is 18.8. The van der Waals surface area contributed by atoms with Gasteiger partial charge in [-0.2, -0.15) is 26.3 Å². The van der Waals surface area contributed by atoms with E-state index < -0.39 is 40.9 Å². The number of hydrogen-bond donors (Lipinski definition) is 3. The maximum Gasteiger partial charge on any atom is 0.416 e. The van der Waals surface area contributed by atoms with Crippen LogP contribution in [0.4, 0.5) is 26.3 Å². The van der Waals surface area contributed by atoms with Crippen molar-refractivity contribution >= 4 is 11.8 Å². The van der Waals surface area contributed by atoms with Gasteiger partial charge in [-0.15, -0.1) is 0 Å². The highest BCUT2D eigenvalue weighted by molar-refractivity contribution is 5.98. The summed E-state index contributed by atoms with van der Waals surface area (Å²) in [6.45, 7) is 0. The molecule has 0 aliphatic rings. The van der Waals surface area contributed by atoms with Crippen LogP contribution in [-0.4, -0.2) is 16.8 Å². The number of halogens is 6. The van der Waals surface area contributed by atoms with E-state index in [0.29, 0.717) is 0 Å². The number of carbonyl (C=O) groups excluding carboxylic acids is 2. The quantitative estimate of drug-likeness (QED) is 0.565. The van der Waals surface area contributed by atoms with Crippen LogP contribution in [0.15, 0.2) is 36.5 Å². The summed E-state index contributed by atoms with van der Waals surface area (Å²) in [4.78, 5) is 25.9. The van der Waals surface area contributed by atoms with Gasteiger partial charge in [-0.05, 0) is 30.3 Å². The molecule has 0 fully saturated rings. The Morgan fingerprint density at radius 2 is 1.36 bits per heavy atom. The lowest BCUT2D eigenvalue weighted by molar-refractivity contribution is -0.143. The van der Waals surface area contributed by atoms with Gasteiger partial charge >= 0.3 is 12.4 Å². The lowest BCUT2D eigenvalue weighted by Gasteiger charge is -2.14. The predicted octanol–water partition coefficient (Wildman–Crippen LogP) is 3.13. The fourth-order valence-electron chi connectivity index (χ4n) is 1.81. The summed E-state index contributed by atoms with van der Waals surface area (Å²) in [5, 5.41) is 0. The highest BCUT2D eigenvalue weighted by Gasteiger charge is 2.37. The van der Waals surface area contributed by atoms with Crippen LogP contribution in [0.3, 0.4) is 0 Å². The molecule has 0 bridgehead atoms. The highest BCUT2D eigenvalue weighted by Crippen LogP contribution is 2.36. The van der Waals surface area contributed by atoms with Crippen molar-refractivity contribution in [2.24, 2.45) is 0 Å². The van der Waals surface area contributed by atoms with Gasteiger partial charge in [-0.25, -0.2) is 0 Å². The van der Waals surface area contributed by atoms with Crippen molar-refractivity contribution in [1.82, 2.24) is 15.8 Å². The van der Waals surface area contributed by atoms with Crippen molar-refractivity contribution in [3.63, 3.8) is 0 Å². The van der Waals surface area contributed by atoms with Gasteiger partial charge in [-0.3, -0.25) is 20.4 Å². The molecule has 0 unspecified atom stereocenters. The van der Waals surface area contributed by atoms with E-state index in [2.05, 4.69) is 4.98 Å². The number of carbonyl (C=O) groups is 2. The van der Waals surface area contributed by atoms with Crippen molar-refractivity contribution in [2.75, 3.05) is 0 Å². The number of hydrogen-bond acceptors (Lipinski definition) is 2. The van der Waals surface area contributed by atoms with E-state index in [1.165, 1.54) is 18.3 Å². The van der Waals surface area contributed by atoms with Crippen LogP contribution in [0.2, 0.25) is 0 Å². The first-order valence-electron chi connectivity index (χ1n) is 6.52. The number of benzene rings is 1. The molecular formula is C14H9F6N3O2. The molecule has 0 spiro atoms. The summed E-state index contributed by atoms with van der Waals surface area (Å²) in [7, 11) is 0. The molecule has 0 aliphatic carbocycles. The molecule has 134 valence electrons. The number of aromatic amines is 1. The average molecular weight is 365 g/mol. The van der Waals surface area contributed by atoms with E-state index in [4.69, 9.17) is 0 Å². The summed E-state index contributed by atoms with van der Waals surface area (Å²) < 4.78 is 76.4. The molecule has 1 aromatic carbocycles. The Kier molecular flexibility index (Phi) is 4.77. The summed E-state index contributed by atoms with van der Waals surface area (Å²) in [5.74, 6) is -2.17. The SMILES string of the molecule is O=C(NNC(=O)c1ccc[nH]1)c1cc(C(F)(F)F)cc(C(F)(F)F)c1. The second-order valence-corrected chi connectivity index (χ2v) is 4.79. The monoisotopic (exact) mass is 365 g/mol. The van der Waals surface area contributed by atoms with Gasteiger partial charge < -0.3 is 4.98 Å². The van der Waals surface area contributed by atoms with Crippen molar-refractivity contribution in [3.8, 4) is 0 Å². The summed E-state index contributed by atoms with van der Waals surface area (Å²) >= 11 is 0. The van der Waals surface area contributed by atoms with Gasteiger partial charge in [0, 0.05) is 11.8 Å². The van der Waals surface area contributed by atoms with Crippen LogP contribution < -0.4 is 10.9 Å². The molecule has 0 atom stereocenters. The fraction of sp³-hybridized carbons (Fsp3) is 0.143. The number of aromatic nitrogens is 1. The Morgan fingerprint density at radius 3 is 1.80 bits per heavy atom. The standard InChI is InChI=1S/C14H9F6N3O2/c15-13(16,17)8-4-7(5-9(6-8)14(18,19)20)11(24)22-23-12(25)10-2-1-3-21-10/h1-6,21H,(H,22,24)(H,23,25). The van der Waals surface area contributed by atoms with Crippen LogP contribution in [-0.2, 0) is 12.4 Å². The van der Waals surface area contributed by atoms with E-state index in [-0.39, 0.29) is 23.9 Å². The zero-order valence-corrected chi connectivity index (χ0v) is 12.0. The summed E-state index contributed by atoms with van der Waals surface area (Å²) in [6, 6.07) is 3.22. The molecule has 11 heteroatoms. The second kappa shape index (κ2) is 6.49. The molecule has 0 radical (unpaired) electrons. The number of alkyl halides is 6. The Morgan fingerprint density at radius 1 is 0.840 bits per heavy atom. The first-order chi connectivity index (χ1) is 11.5. The molecular weight excluding hydrogens is 356 g/mol. The Labute approximate surface area is 136 Å². The molecule has 0 saturated carbocycles. The molecule has 2 amide bonds. The van der Waals surface area contributed by atoms with E-state index in [1.54, 1.807) is 5.43 Å². The van der Waals surface area contributed by atoms with Crippen LogP contribution >= 0.6 is 0 Å². The number of nitrogens with one attached hydrogen (secondary N) is 3. The smallest absolute Gasteiger partial charge is 0.357 e. The molecule has 0 saturated heterocycles. The molecule has 3 N–H and O–H groups in total. The average Bonchev–Trinajstić information content (AvgIpc) is 3.04. The minimum atomic E-state index is -5.08. The van der Waals surface area contributed by atoms with Crippen LogP contribution in [0, 0.1) is 0 Å². The summed E-state index contributed by atoms with van der Waals surface area (Å²) in [6.07, 6.45) is -8.76. The van der Waals surface area contributed by atoms with E-state index >= 15 is 0 Å². The predicted molar refractivity (Wildman–Crippen MR) is 72.2 cm³/mol. The van der Waals surface area contributed by atoms with E-state index in [0.717, 1.165) is 0 Å². The van der Waals surface area contributed by atoms with Crippen molar-refractivity contribution in [3.05, 3.63) is 58.9 Å². The molecule has 1 aromatic heterocycles. The molecule has 2 rings (SSSR count). The fourth-order valence-corrected chi connectivity index (χ4v) is 1.81. The normalized spacial score (nSPS) is 11.9. The number of amides is 2. The second-order valence-electron chi connectivity index (χ2n) is 4.79. The van der Waals surface area contributed by atoms with Crippen LogP contribution in [0.5, 0.6) is 0 Å². The van der Waals surface area contributed by atoms with Gasteiger partial charge in [0.1, 0.15) is 5.69 Å². The molecule has 0 aliphatic heterocycles. The zero-order valence-electron chi connectivity index (χ0n) is 12.0. The molecule has 5 nitrogen and oxygen atoms in total.